The van der Waals surface area contributed by atoms with Gasteiger partial charge in [0, 0.05) is 19.6 Å². The standard InChI is InChI=1S/C18H28N2O3/c1-4-11-20(12-5-2)18(22)14-17(21)19-10-9-15-7-6-8-16(13-15)23-3/h6-8,13H,4-5,9-12,14H2,1-3H3,(H,19,21). The molecule has 0 unspecified atom stereocenters. The second-order valence-corrected chi connectivity index (χ2v) is 5.51. The van der Waals surface area contributed by atoms with Gasteiger partial charge in [-0.05, 0) is 37.0 Å². The fraction of sp³-hybridized carbons (Fsp3) is 0.556. The molecule has 23 heavy (non-hydrogen) atoms. The first kappa shape index (κ1) is 19.0. The first-order valence-electron chi connectivity index (χ1n) is 8.28. The van der Waals surface area contributed by atoms with E-state index in [4.69, 9.17) is 4.74 Å². The van der Waals surface area contributed by atoms with Gasteiger partial charge in [0.2, 0.25) is 11.8 Å². The highest BCUT2D eigenvalue weighted by Crippen LogP contribution is 2.12. The van der Waals surface area contributed by atoms with Crippen molar-refractivity contribution in [1.29, 1.82) is 0 Å². The van der Waals surface area contributed by atoms with Crippen LogP contribution in [0.2, 0.25) is 0 Å². The molecular weight excluding hydrogens is 292 g/mol. The molecule has 0 bridgehead atoms. The predicted octanol–water partition coefficient (Wildman–Crippen LogP) is 2.39. The summed E-state index contributed by atoms with van der Waals surface area (Å²) in [6.07, 6.45) is 2.45. The third kappa shape index (κ3) is 7.17. The number of nitrogens with one attached hydrogen (secondary N) is 1. The van der Waals surface area contributed by atoms with Gasteiger partial charge in [-0.15, -0.1) is 0 Å². The van der Waals surface area contributed by atoms with Gasteiger partial charge in [0.25, 0.3) is 0 Å². The number of hydrogen-bond acceptors (Lipinski definition) is 3. The van der Waals surface area contributed by atoms with Crippen LogP contribution in [0.25, 0.3) is 0 Å². The molecule has 0 saturated heterocycles. The van der Waals surface area contributed by atoms with Gasteiger partial charge in [0.05, 0.1) is 7.11 Å². The lowest BCUT2D eigenvalue weighted by Crippen LogP contribution is -2.37. The number of amides is 2. The van der Waals surface area contributed by atoms with E-state index in [1.165, 1.54) is 0 Å². The van der Waals surface area contributed by atoms with Gasteiger partial charge < -0.3 is 15.0 Å². The maximum absolute atomic E-state index is 12.1. The molecule has 0 heterocycles. The zero-order chi connectivity index (χ0) is 17.1. The first-order valence-corrected chi connectivity index (χ1v) is 8.28. The van der Waals surface area contributed by atoms with Crippen LogP contribution in [0.1, 0.15) is 38.7 Å². The van der Waals surface area contributed by atoms with Crippen LogP contribution in [-0.2, 0) is 16.0 Å². The first-order chi connectivity index (χ1) is 11.1. The topological polar surface area (TPSA) is 58.6 Å². The Kier molecular flexibility index (Phi) is 8.80. The SMILES string of the molecule is CCCN(CCC)C(=O)CC(=O)NCCc1cccc(OC)c1. The third-order valence-electron chi connectivity index (χ3n) is 3.52. The van der Waals surface area contributed by atoms with Crippen molar-refractivity contribution in [2.75, 3.05) is 26.7 Å². The van der Waals surface area contributed by atoms with Gasteiger partial charge in [-0.2, -0.15) is 0 Å². The van der Waals surface area contributed by atoms with Crippen LogP contribution in [0, 0.1) is 0 Å². The van der Waals surface area contributed by atoms with Gasteiger partial charge >= 0.3 is 0 Å². The van der Waals surface area contributed by atoms with E-state index in [1.807, 2.05) is 38.1 Å². The van der Waals surface area contributed by atoms with Crippen molar-refractivity contribution in [1.82, 2.24) is 10.2 Å². The highest BCUT2D eigenvalue weighted by molar-refractivity contribution is 5.96. The molecule has 0 saturated carbocycles. The van der Waals surface area contributed by atoms with Crippen molar-refractivity contribution >= 4 is 11.8 Å². The maximum Gasteiger partial charge on any atom is 0.232 e. The zero-order valence-electron chi connectivity index (χ0n) is 14.4. The van der Waals surface area contributed by atoms with Crippen LogP contribution >= 0.6 is 0 Å². The predicted molar refractivity (Wildman–Crippen MR) is 91.5 cm³/mol. The fourth-order valence-corrected chi connectivity index (χ4v) is 2.39. The van der Waals surface area contributed by atoms with E-state index < -0.39 is 0 Å². The average molecular weight is 320 g/mol. The normalized spacial score (nSPS) is 10.2. The molecule has 1 aromatic carbocycles. The molecule has 0 aliphatic carbocycles. The van der Waals surface area contributed by atoms with Crippen LogP contribution < -0.4 is 10.1 Å². The lowest BCUT2D eigenvalue weighted by atomic mass is 10.1. The van der Waals surface area contributed by atoms with Gasteiger partial charge in [0.15, 0.2) is 0 Å². The minimum absolute atomic E-state index is 0.0713. The minimum atomic E-state index is -0.213. The molecule has 0 aromatic heterocycles. The van der Waals surface area contributed by atoms with Crippen molar-refractivity contribution < 1.29 is 14.3 Å². The summed E-state index contributed by atoms with van der Waals surface area (Å²) < 4.78 is 5.17. The monoisotopic (exact) mass is 320 g/mol. The molecule has 1 N–H and O–H groups in total. The van der Waals surface area contributed by atoms with Gasteiger partial charge in [-0.3, -0.25) is 9.59 Å². The Morgan fingerprint density at radius 2 is 1.87 bits per heavy atom. The Hall–Kier alpha value is -2.04. The minimum Gasteiger partial charge on any atom is -0.497 e. The number of carbonyl (C=O) groups excluding carboxylic acids is 2. The lowest BCUT2D eigenvalue weighted by molar-refractivity contribution is -0.136. The summed E-state index contributed by atoms with van der Waals surface area (Å²) in [5.74, 6) is 0.501. The lowest BCUT2D eigenvalue weighted by Gasteiger charge is -2.21. The second kappa shape index (κ2) is 10.6. The molecule has 2 amide bonds. The molecule has 0 spiro atoms. The Bertz CT molecular complexity index is 497. The van der Waals surface area contributed by atoms with E-state index in [0.717, 1.165) is 24.2 Å². The van der Waals surface area contributed by atoms with Crippen LogP contribution in [0.15, 0.2) is 24.3 Å². The van der Waals surface area contributed by atoms with Crippen molar-refractivity contribution in [2.45, 2.75) is 39.5 Å². The Labute approximate surface area is 139 Å². The van der Waals surface area contributed by atoms with Gasteiger partial charge in [0.1, 0.15) is 12.2 Å². The molecule has 0 atom stereocenters. The Morgan fingerprint density at radius 1 is 1.17 bits per heavy atom. The summed E-state index contributed by atoms with van der Waals surface area (Å²) in [4.78, 5) is 25.8. The fourth-order valence-electron chi connectivity index (χ4n) is 2.39. The highest BCUT2D eigenvalue weighted by atomic mass is 16.5. The average Bonchev–Trinajstić information content (AvgIpc) is 2.54. The summed E-state index contributed by atoms with van der Waals surface area (Å²) >= 11 is 0. The van der Waals surface area contributed by atoms with E-state index in [9.17, 15) is 9.59 Å². The summed E-state index contributed by atoms with van der Waals surface area (Å²) in [7, 11) is 1.63. The molecular formula is C18H28N2O3. The second-order valence-electron chi connectivity index (χ2n) is 5.51. The Morgan fingerprint density at radius 3 is 2.48 bits per heavy atom. The molecule has 0 aliphatic rings. The Balaban J connectivity index is 2.36. The summed E-state index contributed by atoms with van der Waals surface area (Å²) in [6, 6.07) is 7.75. The number of nitrogens with zero attached hydrogens (tertiary/aromatic N) is 1. The van der Waals surface area contributed by atoms with Crippen molar-refractivity contribution in [2.24, 2.45) is 0 Å². The van der Waals surface area contributed by atoms with Crippen molar-refractivity contribution in [3.05, 3.63) is 29.8 Å². The summed E-state index contributed by atoms with van der Waals surface area (Å²) in [5.41, 5.74) is 1.09. The molecule has 1 aromatic rings. The highest BCUT2D eigenvalue weighted by Gasteiger charge is 2.15. The molecule has 128 valence electrons. The van der Waals surface area contributed by atoms with E-state index in [0.29, 0.717) is 26.1 Å². The number of ether oxygens (including phenoxy) is 1. The van der Waals surface area contributed by atoms with E-state index >= 15 is 0 Å². The van der Waals surface area contributed by atoms with E-state index in [2.05, 4.69) is 5.32 Å². The van der Waals surface area contributed by atoms with Gasteiger partial charge in [-0.1, -0.05) is 26.0 Å². The van der Waals surface area contributed by atoms with Crippen LogP contribution in [0.3, 0.4) is 0 Å². The maximum atomic E-state index is 12.1. The molecule has 5 nitrogen and oxygen atoms in total. The van der Waals surface area contributed by atoms with Crippen molar-refractivity contribution in [3.63, 3.8) is 0 Å². The van der Waals surface area contributed by atoms with E-state index in [1.54, 1.807) is 12.0 Å². The van der Waals surface area contributed by atoms with Crippen LogP contribution in [0.5, 0.6) is 5.75 Å². The summed E-state index contributed by atoms with van der Waals surface area (Å²) in [5, 5.41) is 2.81. The molecule has 0 radical (unpaired) electrons. The van der Waals surface area contributed by atoms with Crippen LogP contribution in [0.4, 0.5) is 0 Å². The smallest absolute Gasteiger partial charge is 0.232 e. The summed E-state index contributed by atoms with van der Waals surface area (Å²) in [6.45, 7) is 6.00. The number of benzene rings is 1. The number of methoxy groups -OCH3 is 1. The third-order valence-corrected chi connectivity index (χ3v) is 3.52. The number of carbonyl (C=O) groups is 2. The molecule has 5 heteroatoms. The van der Waals surface area contributed by atoms with Crippen LogP contribution in [-0.4, -0.2) is 43.5 Å². The molecule has 1 rings (SSSR count). The number of rotatable bonds is 10. The van der Waals surface area contributed by atoms with Crippen molar-refractivity contribution in [3.8, 4) is 5.75 Å². The van der Waals surface area contributed by atoms with E-state index in [-0.39, 0.29) is 18.2 Å². The zero-order valence-corrected chi connectivity index (χ0v) is 14.4. The van der Waals surface area contributed by atoms with Gasteiger partial charge in [-0.25, -0.2) is 0 Å². The largest absolute Gasteiger partial charge is 0.497 e. The molecule has 0 fully saturated rings. The number of hydrogen-bond donors (Lipinski definition) is 1. The quantitative estimate of drug-likeness (QED) is 0.674. The molecule has 0 aliphatic heterocycles.